The van der Waals surface area contributed by atoms with E-state index in [-0.39, 0.29) is 11.9 Å². The number of amides is 1. The van der Waals surface area contributed by atoms with E-state index in [1.807, 2.05) is 29.8 Å². The summed E-state index contributed by atoms with van der Waals surface area (Å²) >= 11 is 0. The molecule has 3 heterocycles. The van der Waals surface area contributed by atoms with E-state index in [9.17, 15) is 4.79 Å². The van der Waals surface area contributed by atoms with Crippen molar-refractivity contribution in [1.82, 2.24) is 20.1 Å². The quantitative estimate of drug-likeness (QED) is 0.534. The fourth-order valence-corrected chi connectivity index (χ4v) is 3.89. The molecular formula is C24H27N7O. The monoisotopic (exact) mass is 429 g/mol. The normalized spacial score (nSPS) is 17.3. The molecule has 1 amide bonds. The van der Waals surface area contributed by atoms with Crippen molar-refractivity contribution in [2.75, 3.05) is 18.4 Å². The molecule has 32 heavy (non-hydrogen) atoms. The number of carbonyl (C=O) groups is 1. The highest BCUT2D eigenvalue weighted by molar-refractivity contribution is 6.03. The van der Waals surface area contributed by atoms with Crippen molar-refractivity contribution in [3.05, 3.63) is 64.8 Å². The van der Waals surface area contributed by atoms with Crippen LogP contribution in [0, 0.1) is 0 Å². The van der Waals surface area contributed by atoms with Crippen LogP contribution < -0.4 is 26.9 Å². The number of pyridine rings is 1. The molecule has 1 saturated heterocycles. The topological polar surface area (TPSA) is 110 Å². The van der Waals surface area contributed by atoms with E-state index in [1.54, 1.807) is 36.7 Å². The van der Waals surface area contributed by atoms with E-state index in [1.165, 1.54) is 0 Å². The number of piperidine rings is 1. The molecule has 1 aliphatic heterocycles. The lowest BCUT2D eigenvalue weighted by Gasteiger charge is -2.23. The molecule has 4 N–H and O–H groups in total. The number of aliphatic imine (C=N–C) groups is 1. The van der Waals surface area contributed by atoms with Gasteiger partial charge in [-0.3, -0.25) is 9.48 Å². The first kappa shape index (κ1) is 21.5. The third-order valence-corrected chi connectivity index (χ3v) is 5.48. The van der Waals surface area contributed by atoms with E-state index < -0.39 is 0 Å². The van der Waals surface area contributed by atoms with Gasteiger partial charge in [0.05, 0.1) is 16.6 Å². The molecule has 1 aromatic carbocycles. The number of benzene rings is 1. The van der Waals surface area contributed by atoms with E-state index in [0.29, 0.717) is 22.9 Å². The van der Waals surface area contributed by atoms with Crippen LogP contribution in [0.4, 0.5) is 5.82 Å². The summed E-state index contributed by atoms with van der Waals surface area (Å²) in [6.07, 6.45) is 5.40. The number of nitrogens with zero attached hydrogens (tertiary/aromatic N) is 4. The molecule has 0 spiro atoms. The number of nitrogens with one attached hydrogen (secondary N) is 2. The van der Waals surface area contributed by atoms with Crippen molar-refractivity contribution in [2.24, 2.45) is 10.7 Å². The first-order chi connectivity index (χ1) is 15.6. The largest absolute Gasteiger partial charge is 0.383 e. The van der Waals surface area contributed by atoms with Gasteiger partial charge in [-0.25, -0.2) is 9.98 Å². The number of hydrogen-bond donors (Lipinski definition) is 3. The van der Waals surface area contributed by atoms with Crippen LogP contribution >= 0.6 is 0 Å². The van der Waals surface area contributed by atoms with Crippen LogP contribution in [-0.4, -0.2) is 40.0 Å². The third-order valence-electron chi connectivity index (χ3n) is 5.48. The van der Waals surface area contributed by atoms with Gasteiger partial charge in [-0.15, -0.1) is 0 Å². The van der Waals surface area contributed by atoms with Crippen LogP contribution in [-0.2, 0) is 0 Å². The maximum atomic E-state index is 12.6. The minimum absolute atomic E-state index is 0.213. The maximum Gasteiger partial charge on any atom is 0.256 e. The highest BCUT2D eigenvalue weighted by atomic mass is 16.1. The summed E-state index contributed by atoms with van der Waals surface area (Å²) in [5, 5.41) is 12.6. The minimum Gasteiger partial charge on any atom is -0.383 e. The Morgan fingerprint density at radius 1 is 1.31 bits per heavy atom. The Bertz CT molecular complexity index is 1220. The summed E-state index contributed by atoms with van der Waals surface area (Å²) in [4.78, 5) is 21.0. The molecule has 0 aliphatic carbocycles. The summed E-state index contributed by atoms with van der Waals surface area (Å²) in [6.45, 7) is 7.94. The second-order valence-corrected chi connectivity index (χ2v) is 7.63. The standard InChI is InChI=1S/C24H27N7O/c1-3-27-23(25)21-16(2)31(19-7-6-13-26-15-19)30-22(21)17-9-11-18(12-10-17)24(32)29-20-8-4-5-14-28-20/h3-5,8-12,14,19,26H,2,6-7,13,15,25H2,1H3,(H,28,29,32)/b23-21+,27-3-/t19-/m1/s1. The van der Waals surface area contributed by atoms with Gasteiger partial charge in [0.25, 0.3) is 5.91 Å². The van der Waals surface area contributed by atoms with Crippen LogP contribution in [0.1, 0.15) is 36.2 Å². The molecule has 1 atom stereocenters. The summed E-state index contributed by atoms with van der Waals surface area (Å²) in [5.41, 5.74) is 8.37. The molecule has 164 valence electrons. The summed E-state index contributed by atoms with van der Waals surface area (Å²) < 4.78 is 1.95. The molecule has 3 aromatic rings. The van der Waals surface area contributed by atoms with Gasteiger partial charge in [-0.05, 0) is 50.6 Å². The van der Waals surface area contributed by atoms with E-state index in [4.69, 9.17) is 10.8 Å². The highest BCUT2D eigenvalue weighted by Gasteiger charge is 2.20. The van der Waals surface area contributed by atoms with Crippen LogP contribution in [0.5, 0.6) is 0 Å². The number of anilines is 1. The van der Waals surface area contributed by atoms with Crippen molar-refractivity contribution in [3.63, 3.8) is 0 Å². The molecular weight excluding hydrogens is 402 g/mol. The molecule has 8 nitrogen and oxygen atoms in total. The Morgan fingerprint density at radius 3 is 2.78 bits per heavy atom. The second-order valence-electron chi connectivity index (χ2n) is 7.63. The van der Waals surface area contributed by atoms with Crippen LogP contribution in [0.2, 0.25) is 0 Å². The van der Waals surface area contributed by atoms with Crippen molar-refractivity contribution >= 4 is 30.3 Å². The average molecular weight is 430 g/mol. The van der Waals surface area contributed by atoms with E-state index in [2.05, 4.69) is 27.2 Å². The lowest BCUT2D eigenvalue weighted by Crippen LogP contribution is -2.39. The Balaban J connectivity index is 1.70. The van der Waals surface area contributed by atoms with E-state index >= 15 is 0 Å². The van der Waals surface area contributed by atoms with Gasteiger partial charge in [0, 0.05) is 30.1 Å². The molecule has 0 saturated carbocycles. The van der Waals surface area contributed by atoms with Crippen molar-refractivity contribution in [1.29, 1.82) is 0 Å². The van der Waals surface area contributed by atoms with Crippen LogP contribution in [0.15, 0.2) is 53.7 Å². The number of aromatic nitrogens is 3. The average Bonchev–Trinajstić information content (AvgIpc) is 3.17. The fraction of sp³-hybridized carbons (Fsp3) is 0.250. The second kappa shape index (κ2) is 9.57. The SMILES string of the molecule is C=c1/c(=C(N)\N=C/C)c(-c2ccc(C(=O)Nc3ccccn3)cc2)nn1[C@@H]1CCCNC1. The summed E-state index contributed by atoms with van der Waals surface area (Å²) in [5.74, 6) is 0.651. The summed E-state index contributed by atoms with van der Waals surface area (Å²) in [6, 6.07) is 12.8. The third kappa shape index (κ3) is 4.45. The molecule has 1 aliphatic rings. The Labute approximate surface area is 186 Å². The minimum atomic E-state index is -0.228. The zero-order chi connectivity index (χ0) is 22.5. The van der Waals surface area contributed by atoms with Crippen LogP contribution in [0.25, 0.3) is 23.7 Å². The first-order valence-electron chi connectivity index (χ1n) is 10.7. The zero-order valence-corrected chi connectivity index (χ0v) is 18.1. The van der Waals surface area contributed by atoms with Crippen LogP contribution in [0.3, 0.4) is 0 Å². The smallest absolute Gasteiger partial charge is 0.256 e. The molecule has 2 aromatic heterocycles. The van der Waals surface area contributed by atoms with Gasteiger partial charge in [0.15, 0.2) is 0 Å². The predicted molar refractivity (Wildman–Crippen MR) is 128 cm³/mol. The zero-order valence-electron chi connectivity index (χ0n) is 18.1. The maximum absolute atomic E-state index is 12.6. The van der Waals surface area contributed by atoms with E-state index in [0.717, 1.165) is 42.1 Å². The molecule has 1 fully saturated rings. The van der Waals surface area contributed by atoms with Gasteiger partial charge in [0.1, 0.15) is 17.3 Å². The molecule has 0 radical (unpaired) electrons. The first-order valence-corrected chi connectivity index (χ1v) is 10.7. The van der Waals surface area contributed by atoms with Gasteiger partial charge in [-0.1, -0.05) is 24.8 Å². The summed E-state index contributed by atoms with van der Waals surface area (Å²) in [7, 11) is 0. The van der Waals surface area contributed by atoms with Crippen molar-refractivity contribution in [2.45, 2.75) is 25.8 Å². The van der Waals surface area contributed by atoms with Gasteiger partial charge < -0.3 is 16.4 Å². The number of nitrogens with two attached hydrogens (primary N) is 1. The lowest BCUT2D eigenvalue weighted by atomic mass is 10.1. The highest BCUT2D eigenvalue weighted by Crippen LogP contribution is 2.18. The fourth-order valence-electron chi connectivity index (χ4n) is 3.89. The van der Waals surface area contributed by atoms with Crippen molar-refractivity contribution in [3.8, 4) is 11.3 Å². The lowest BCUT2D eigenvalue weighted by molar-refractivity contribution is 0.102. The number of rotatable bonds is 5. The molecule has 0 unspecified atom stereocenters. The van der Waals surface area contributed by atoms with Gasteiger partial charge in [-0.2, -0.15) is 5.10 Å². The number of carbonyl (C=O) groups excluding carboxylic acids is 1. The predicted octanol–water partition coefficient (Wildman–Crippen LogP) is 1.65. The Morgan fingerprint density at radius 2 is 2.12 bits per heavy atom. The Kier molecular flexibility index (Phi) is 6.42. The van der Waals surface area contributed by atoms with Gasteiger partial charge in [0.2, 0.25) is 0 Å². The van der Waals surface area contributed by atoms with Gasteiger partial charge >= 0.3 is 0 Å². The molecule has 0 bridgehead atoms. The molecule has 4 rings (SSSR count). The number of hydrogen-bond acceptors (Lipinski definition) is 6. The Hall–Kier alpha value is -3.78. The van der Waals surface area contributed by atoms with Crippen molar-refractivity contribution < 1.29 is 4.79 Å². The molecule has 8 heteroatoms.